The Morgan fingerprint density at radius 3 is 2.67 bits per heavy atom. The molecule has 15 heavy (non-hydrogen) atoms. The van der Waals surface area contributed by atoms with E-state index in [9.17, 15) is 4.57 Å². The molecule has 1 atom stereocenters. The van der Waals surface area contributed by atoms with Crippen molar-refractivity contribution in [2.45, 2.75) is 20.3 Å². The van der Waals surface area contributed by atoms with Crippen molar-refractivity contribution in [2.75, 3.05) is 19.5 Å². The molecule has 5 nitrogen and oxygen atoms in total. The minimum absolute atomic E-state index is 0.187. The van der Waals surface area contributed by atoms with E-state index in [1.807, 2.05) is 6.92 Å². The predicted molar refractivity (Wildman–Crippen MR) is 62.4 cm³/mol. The van der Waals surface area contributed by atoms with Crippen LogP contribution in [0.4, 0.5) is 0 Å². The van der Waals surface area contributed by atoms with Gasteiger partial charge in [-0.3, -0.25) is 4.52 Å². The van der Waals surface area contributed by atoms with Gasteiger partial charge >= 0.3 is 6.80 Å². The van der Waals surface area contributed by atoms with E-state index in [4.69, 9.17) is 13.9 Å². The van der Waals surface area contributed by atoms with E-state index < -0.39 is 6.80 Å². The highest BCUT2D eigenvalue weighted by molar-refractivity contribution is 8.55. The molecule has 0 bridgehead atoms. The van der Waals surface area contributed by atoms with Crippen molar-refractivity contribution in [3.63, 3.8) is 0 Å². The van der Waals surface area contributed by atoms with Gasteiger partial charge in [-0.2, -0.15) is 4.62 Å². The first kappa shape index (κ1) is 14.8. The molecule has 0 saturated carbocycles. The van der Waals surface area contributed by atoms with Crippen LogP contribution in [-0.4, -0.2) is 19.5 Å². The van der Waals surface area contributed by atoms with Gasteiger partial charge in [-0.25, -0.2) is 10.0 Å². The van der Waals surface area contributed by atoms with E-state index in [1.54, 1.807) is 6.92 Å². The number of hydrogen-bond donors (Lipinski definition) is 1. The second-order valence-electron chi connectivity index (χ2n) is 2.52. The van der Waals surface area contributed by atoms with E-state index >= 15 is 0 Å². The average Bonchev–Trinajstić information content (AvgIpc) is 2.24. The number of hydrogen-bond acceptors (Lipinski definition) is 6. The molecule has 0 radical (unpaired) electrons. The molecule has 0 aliphatic carbocycles. The molecule has 1 unspecified atom stereocenters. The summed E-state index contributed by atoms with van der Waals surface area (Å²) < 4.78 is 26.7. The van der Waals surface area contributed by atoms with Crippen LogP contribution in [0, 0.1) is 0 Å². The second kappa shape index (κ2) is 8.05. The number of nitrogens with one attached hydrogen (secondary N) is 1. The molecular weight excluding hydrogens is 237 g/mol. The second-order valence-corrected chi connectivity index (χ2v) is 6.64. The Morgan fingerprint density at radius 2 is 2.20 bits per heavy atom. The van der Waals surface area contributed by atoms with Crippen LogP contribution in [0.1, 0.15) is 20.3 Å². The summed E-state index contributed by atoms with van der Waals surface area (Å²) in [5.41, 5.74) is 2.34. The van der Waals surface area contributed by atoms with Crippen molar-refractivity contribution in [2.24, 2.45) is 0 Å². The van der Waals surface area contributed by atoms with Gasteiger partial charge in [0.25, 0.3) is 0 Å². The molecule has 0 aliphatic rings. The zero-order valence-electron chi connectivity index (χ0n) is 9.32. The first-order chi connectivity index (χ1) is 7.08. The fraction of sp³-hybridized carbons (Fsp3) is 0.750. The van der Waals surface area contributed by atoms with Gasteiger partial charge < -0.3 is 4.74 Å². The van der Waals surface area contributed by atoms with Crippen LogP contribution in [0.3, 0.4) is 0 Å². The highest BCUT2D eigenvalue weighted by Crippen LogP contribution is 2.59. The Morgan fingerprint density at radius 1 is 1.53 bits per heavy atom. The van der Waals surface area contributed by atoms with Crippen LogP contribution < -0.4 is 5.48 Å². The third kappa shape index (κ3) is 6.84. The topological polar surface area (TPSA) is 56.8 Å². The smallest absolute Gasteiger partial charge is 0.410 e. The van der Waals surface area contributed by atoms with Crippen molar-refractivity contribution in [1.29, 1.82) is 0 Å². The summed E-state index contributed by atoms with van der Waals surface area (Å²) in [6.45, 7) is 4.41. The first-order valence-electron chi connectivity index (χ1n) is 4.64. The van der Waals surface area contributed by atoms with Crippen LogP contribution in [0.25, 0.3) is 0 Å². The maximum atomic E-state index is 12.0. The lowest BCUT2D eigenvalue weighted by atomic mass is 10.6. The maximum absolute atomic E-state index is 12.0. The Bertz CT molecular complexity index is 237. The van der Waals surface area contributed by atoms with Gasteiger partial charge in [0.15, 0.2) is 0 Å². The maximum Gasteiger partial charge on any atom is 0.410 e. The minimum Gasteiger partial charge on any atom is -0.482 e. The molecule has 0 amide bonds. The Hall–Kier alpha value is -0.160. The van der Waals surface area contributed by atoms with Crippen molar-refractivity contribution in [3.8, 4) is 0 Å². The van der Waals surface area contributed by atoms with Gasteiger partial charge in [0.1, 0.15) is 0 Å². The van der Waals surface area contributed by atoms with E-state index in [0.717, 1.165) is 17.8 Å². The molecule has 0 heterocycles. The SMILES string of the molecule is C=C(NOP(=O)(OCC)SCCC)OC. The van der Waals surface area contributed by atoms with Crippen LogP contribution in [0.5, 0.6) is 0 Å². The van der Waals surface area contributed by atoms with Gasteiger partial charge in [-0.15, -0.1) is 0 Å². The number of ether oxygens (including phenoxy) is 1. The fourth-order valence-corrected chi connectivity index (χ4v) is 3.74. The van der Waals surface area contributed by atoms with Gasteiger partial charge in [-0.05, 0) is 31.3 Å². The molecule has 0 saturated heterocycles. The average molecular weight is 255 g/mol. The molecule has 0 spiro atoms. The van der Waals surface area contributed by atoms with Gasteiger partial charge in [0.2, 0.25) is 5.88 Å². The molecule has 90 valence electrons. The zero-order chi connectivity index (χ0) is 11.7. The predicted octanol–water partition coefficient (Wildman–Crippen LogP) is 2.91. The minimum atomic E-state index is -3.14. The Labute approximate surface area is 94.8 Å². The van der Waals surface area contributed by atoms with E-state index in [-0.39, 0.29) is 5.88 Å². The van der Waals surface area contributed by atoms with Crippen molar-refractivity contribution >= 4 is 18.2 Å². The van der Waals surface area contributed by atoms with Gasteiger partial charge in [0.05, 0.1) is 13.7 Å². The molecule has 0 rings (SSSR count). The molecule has 0 aromatic rings. The molecule has 0 aromatic carbocycles. The van der Waals surface area contributed by atoms with Crippen LogP contribution in [0.15, 0.2) is 12.5 Å². The van der Waals surface area contributed by atoms with Crippen LogP contribution >= 0.6 is 18.2 Å². The highest BCUT2D eigenvalue weighted by atomic mass is 32.7. The monoisotopic (exact) mass is 255 g/mol. The summed E-state index contributed by atoms with van der Waals surface area (Å²) in [4.78, 5) is 0. The van der Waals surface area contributed by atoms with Crippen LogP contribution in [0.2, 0.25) is 0 Å². The lowest BCUT2D eigenvalue weighted by Gasteiger charge is -2.17. The summed E-state index contributed by atoms with van der Waals surface area (Å²) >= 11 is 1.15. The first-order valence-corrected chi connectivity index (χ1v) is 7.78. The molecular formula is C8H18NO4PS. The molecule has 0 aliphatic heterocycles. The normalized spacial score (nSPS) is 14.3. The summed E-state index contributed by atoms with van der Waals surface area (Å²) in [5, 5.41) is 0. The summed E-state index contributed by atoms with van der Waals surface area (Å²) in [6.07, 6.45) is 0.899. The number of hydroxylamine groups is 1. The quantitative estimate of drug-likeness (QED) is 0.388. The lowest BCUT2D eigenvalue weighted by Crippen LogP contribution is -2.13. The molecule has 0 aromatic heterocycles. The third-order valence-electron chi connectivity index (χ3n) is 1.26. The van der Waals surface area contributed by atoms with E-state index in [2.05, 4.69) is 12.1 Å². The molecule has 0 fully saturated rings. The third-order valence-corrected chi connectivity index (χ3v) is 5.09. The summed E-state index contributed by atoms with van der Waals surface area (Å²) in [6, 6.07) is 0. The Kier molecular flexibility index (Phi) is 7.96. The number of methoxy groups -OCH3 is 1. The van der Waals surface area contributed by atoms with E-state index in [1.165, 1.54) is 7.11 Å². The van der Waals surface area contributed by atoms with Gasteiger partial charge in [-0.1, -0.05) is 6.92 Å². The lowest BCUT2D eigenvalue weighted by molar-refractivity contribution is 0.117. The zero-order valence-corrected chi connectivity index (χ0v) is 11.0. The van der Waals surface area contributed by atoms with E-state index in [0.29, 0.717) is 12.4 Å². The van der Waals surface area contributed by atoms with Crippen molar-refractivity contribution < 1.29 is 18.5 Å². The number of rotatable bonds is 9. The van der Waals surface area contributed by atoms with Crippen molar-refractivity contribution in [3.05, 3.63) is 12.5 Å². The summed E-state index contributed by atoms with van der Waals surface area (Å²) in [7, 11) is 1.43. The largest absolute Gasteiger partial charge is 0.482 e. The Balaban J connectivity index is 4.12. The standard InChI is InChI=1S/C8H18NO4PS/c1-5-7-15-14(10,12-6-2)13-9-8(3)11-4/h9H,3,5-7H2,1-2,4H3. The highest BCUT2D eigenvalue weighted by Gasteiger charge is 2.25. The molecule has 7 heteroatoms. The van der Waals surface area contributed by atoms with Crippen LogP contribution in [-0.2, 0) is 18.5 Å². The fourth-order valence-electron chi connectivity index (χ4n) is 0.600. The summed E-state index contributed by atoms with van der Waals surface area (Å²) in [5.74, 6) is 0.894. The van der Waals surface area contributed by atoms with Gasteiger partial charge in [0, 0.05) is 5.75 Å². The molecule has 1 N–H and O–H groups in total. The van der Waals surface area contributed by atoms with Crippen molar-refractivity contribution in [1.82, 2.24) is 5.48 Å².